The summed E-state index contributed by atoms with van der Waals surface area (Å²) in [5.74, 6) is 2.65. The number of hydrogen-bond donors (Lipinski definition) is 1. The molecule has 0 radical (unpaired) electrons. The number of nitrogens with zero attached hydrogens (tertiary/aromatic N) is 4. The van der Waals surface area contributed by atoms with Gasteiger partial charge in [-0.3, -0.25) is 0 Å². The maximum atomic E-state index is 4.50. The third-order valence-corrected chi connectivity index (χ3v) is 3.27. The molecule has 2 rings (SSSR count). The molecule has 1 N–H and O–H groups in total. The summed E-state index contributed by atoms with van der Waals surface area (Å²) in [6, 6.07) is 4.38. The SMILES string of the molecule is CCc1nc(CC)n(-c2ccc(C(C)NC)cn2)n1. The largest absolute Gasteiger partial charge is 0.313 e. The highest BCUT2D eigenvalue weighted by atomic mass is 15.4. The van der Waals surface area contributed by atoms with Gasteiger partial charge in [0, 0.05) is 25.1 Å². The third-order valence-electron chi connectivity index (χ3n) is 3.27. The first-order valence-corrected chi connectivity index (χ1v) is 6.78. The van der Waals surface area contributed by atoms with Crippen LogP contribution in [0.2, 0.25) is 0 Å². The summed E-state index contributed by atoms with van der Waals surface area (Å²) in [6.45, 7) is 6.25. The Bertz CT molecular complexity index is 529. The molecule has 0 fully saturated rings. The molecular formula is C14H21N5. The standard InChI is InChI=1S/C14H21N5/c1-5-12-17-13(6-2)19(18-12)14-8-7-11(9-16-14)10(3)15-4/h7-10,15H,5-6H2,1-4H3. The lowest BCUT2D eigenvalue weighted by Gasteiger charge is -2.10. The van der Waals surface area contributed by atoms with Gasteiger partial charge in [0.25, 0.3) is 0 Å². The van der Waals surface area contributed by atoms with Crippen LogP contribution in [-0.2, 0) is 12.8 Å². The van der Waals surface area contributed by atoms with Crippen LogP contribution in [0.25, 0.3) is 5.82 Å². The summed E-state index contributed by atoms with van der Waals surface area (Å²) in [5, 5.41) is 7.69. The van der Waals surface area contributed by atoms with Crippen LogP contribution in [0.1, 0.15) is 44.0 Å². The second-order valence-electron chi connectivity index (χ2n) is 4.52. The van der Waals surface area contributed by atoms with Crippen LogP contribution in [0, 0.1) is 0 Å². The fourth-order valence-corrected chi connectivity index (χ4v) is 1.90. The van der Waals surface area contributed by atoms with Crippen LogP contribution in [-0.4, -0.2) is 26.8 Å². The highest BCUT2D eigenvalue weighted by Gasteiger charge is 2.10. The molecule has 19 heavy (non-hydrogen) atoms. The van der Waals surface area contributed by atoms with E-state index < -0.39 is 0 Å². The fourth-order valence-electron chi connectivity index (χ4n) is 1.90. The van der Waals surface area contributed by atoms with Crippen molar-refractivity contribution >= 4 is 0 Å². The average molecular weight is 259 g/mol. The summed E-state index contributed by atoms with van der Waals surface area (Å²) >= 11 is 0. The smallest absolute Gasteiger partial charge is 0.155 e. The molecule has 0 spiro atoms. The maximum absolute atomic E-state index is 4.50. The first-order chi connectivity index (χ1) is 9.19. The summed E-state index contributed by atoms with van der Waals surface area (Å²) in [5.41, 5.74) is 1.17. The highest BCUT2D eigenvalue weighted by Crippen LogP contribution is 2.14. The van der Waals surface area contributed by atoms with Gasteiger partial charge in [0.1, 0.15) is 5.82 Å². The molecule has 0 aliphatic heterocycles. The molecule has 102 valence electrons. The molecule has 0 saturated carbocycles. The number of nitrogens with one attached hydrogen (secondary N) is 1. The van der Waals surface area contributed by atoms with Crippen molar-refractivity contribution in [3.05, 3.63) is 35.5 Å². The highest BCUT2D eigenvalue weighted by molar-refractivity contribution is 5.27. The summed E-state index contributed by atoms with van der Waals surface area (Å²) in [7, 11) is 1.94. The molecule has 5 heteroatoms. The molecule has 5 nitrogen and oxygen atoms in total. The monoisotopic (exact) mass is 259 g/mol. The second-order valence-corrected chi connectivity index (χ2v) is 4.52. The van der Waals surface area contributed by atoms with Crippen LogP contribution in [0.3, 0.4) is 0 Å². The molecule has 1 atom stereocenters. The fraction of sp³-hybridized carbons (Fsp3) is 0.500. The van der Waals surface area contributed by atoms with E-state index in [1.165, 1.54) is 5.56 Å². The van der Waals surface area contributed by atoms with Crippen molar-refractivity contribution in [2.75, 3.05) is 7.05 Å². The van der Waals surface area contributed by atoms with Gasteiger partial charge in [-0.15, -0.1) is 5.10 Å². The first kappa shape index (κ1) is 13.7. The molecule has 1 unspecified atom stereocenters. The quantitative estimate of drug-likeness (QED) is 0.893. The van der Waals surface area contributed by atoms with Crippen molar-refractivity contribution < 1.29 is 0 Å². The molecule has 0 aliphatic carbocycles. The lowest BCUT2D eigenvalue weighted by molar-refractivity contribution is 0.648. The predicted molar refractivity (Wildman–Crippen MR) is 75.4 cm³/mol. The molecule has 0 saturated heterocycles. The van der Waals surface area contributed by atoms with Gasteiger partial charge >= 0.3 is 0 Å². The van der Waals surface area contributed by atoms with Crippen molar-refractivity contribution in [1.82, 2.24) is 25.1 Å². The van der Waals surface area contributed by atoms with E-state index >= 15 is 0 Å². The number of rotatable bonds is 5. The first-order valence-electron chi connectivity index (χ1n) is 6.78. The van der Waals surface area contributed by atoms with Gasteiger partial charge in [0.15, 0.2) is 11.6 Å². The Labute approximate surface area is 114 Å². The molecule has 2 aromatic rings. The van der Waals surface area contributed by atoms with Crippen molar-refractivity contribution in [2.24, 2.45) is 0 Å². The van der Waals surface area contributed by atoms with Crippen molar-refractivity contribution in [3.8, 4) is 5.82 Å². The zero-order valence-electron chi connectivity index (χ0n) is 12.0. The van der Waals surface area contributed by atoms with Crippen LogP contribution >= 0.6 is 0 Å². The van der Waals surface area contributed by atoms with Gasteiger partial charge in [0.2, 0.25) is 0 Å². The minimum absolute atomic E-state index is 0.300. The van der Waals surface area contributed by atoms with Crippen molar-refractivity contribution in [1.29, 1.82) is 0 Å². The minimum atomic E-state index is 0.300. The Morgan fingerprint density at radius 1 is 1.26 bits per heavy atom. The molecule has 0 bridgehead atoms. The van der Waals surface area contributed by atoms with E-state index in [1.807, 2.05) is 24.0 Å². The zero-order valence-corrected chi connectivity index (χ0v) is 12.0. The molecule has 0 aromatic carbocycles. The summed E-state index contributed by atoms with van der Waals surface area (Å²) < 4.78 is 1.84. The Balaban J connectivity index is 2.34. The normalized spacial score (nSPS) is 12.6. The van der Waals surface area contributed by atoms with Crippen molar-refractivity contribution in [2.45, 2.75) is 39.7 Å². The molecule has 0 amide bonds. The van der Waals surface area contributed by atoms with Gasteiger partial charge in [-0.2, -0.15) is 4.68 Å². The third kappa shape index (κ3) is 2.81. The molecule has 2 heterocycles. The summed E-state index contributed by atoms with van der Waals surface area (Å²) in [6.07, 6.45) is 3.58. The maximum Gasteiger partial charge on any atom is 0.155 e. The van der Waals surface area contributed by atoms with E-state index in [0.717, 1.165) is 30.3 Å². The van der Waals surface area contributed by atoms with Gasteiger partial charge in [-0.25, -0.2) is 9.97 Å². The van der Waals surface area contributed by atoms with E-state index in [1.54, 1.807) is 0 Å². The van der Waals surface area contributed by atoms with Gasteiger partial charge < -0.3 is 5.32 Å². The zero-order chi connectivity index (χ0) is 13.8. The average Bonchev–Trinajstić information content (AvgIpc) is 2.90. The van der Waals surface area contributed by atoms with Crippen LogP contribution in [0.4, 0.5) is 0 Å². The van der Waals surface area contributed by atoms with Crippen LogP contribution < -0.4 is 5.32 Å². The van der Waals surface area contributed by atoms with Crippen molar-refractivity contribution in [3.63, 3.8) is 0 Å². The number of aromatic nitrogens is 4. The number of pyridine rings is 1. The topological polar surface area (TPSA) is 55.6 Å². The van der Waals surface area contributed by atoms with E-state index in [-0.39, 0.29) is 0 Å². The Morgan fingerprint density at radius 2 is 2.05 bits per heavy atom. The Hall–Kier alpha value is -1.75. The van der Waals surface area contributed by atoms with E-state index in [4.69, 9.17) is 0 Å². The predicted octanol–water partition coefficient (Wildman–Crippen LogP) is 2.07. The van der Waals surface area contributed by atoms with E-state index in [9.17, 15) is 0 Å². The molecule has 2 aromatic heterocycles. The van der Waals surface area contributed by atoms with E-state index in [0.29, 0.717) is 6.04 Å². The van der Waals surface area contributed by atoms with Gasteiger partial charge in [-0.1, -0.05) is 19.9 Å². The second kappa shape index (κ2) is 5.93. The number of hydrogen-bond acceptors (Lipinski definition) is 4. The molecule has 0 aliphatic rings. The lowest BCUT2D eigenvalue weighted by Crippen LogP contribution is -2.13. The van der Waals surface area contributed by atoms with Crippen LogP contribution in [0.15, 0.2) is 18.3 Å². The van der Waals surface area contributed by atoms with Crippen LogP contribution in [0.5, 0.6) is 0 Å². The lowest BCUT2D eigenvalue weighted by atomic mass is 10.1. The van der Waals surface area contributed by atoms with Gasteiger partial charge in [-0.05, 0) is 25.6 Å². The Morgan fingerprint density at radius 3 is 2.58 bits per heavy atom. The number of aryl methyl sites for hydroxylation is 2. The summed E-state index contributed by atoms with van der Waals surface area (Å²) in [4.78, 5) is 8.99. The minimum Gasteiger partial charge on any atom is -0.313 e. The van der Waals surface area contributed by atoms with Gasteiger partial charge in [0.05, 0.1) is 0 Å². The van der Waals surface area contributed by atoms with E-state index in [2.05, 4.69) is 47.2 Å². The molecular weight excluding hydrogens is 238 g/mol. The Kier molecular flexibility index (Phi) is 4.27.